The molecule has 3 unspecified atom stereocenters. The highest BCUT2D eigenvalue weighted by atomic mass is 32.2. The lowest BCUT2D eigenvalue weighted by molar-refractivity contribution is -0.147. The standard InChI is InChI=1S/C8H12O7S/c9-7(10)4-1-2-6(16(13,14)15)5(3-4)8(11)12/h4-6H,1-3H2,(H,9,10)(H,11,12)(H,13,14,15)/p-1. The smallest absolute Gasteiger partial charge is 0.307 e. The Bertz CT molecular complexity index is 399. The third kappa shape index (κ3) is 2.70. The van der Waals surface area contributed by atoms with E-state index in [-0.39, 0.29) is 19.3 Å². The first-order chi connectivity index (χ1) is 7.23. The van der Waals surface area contributed by atoms with Gasteiger partial charge < -0.3 is 14.8 Å². The largest absolute Gasteiger partial charge is 0.748 e. The molecular weight excluding hydrogens is 240 g/mol. The van der Waals surface area contributed by atoms with E-state index in [9.17, 15) is 22.6 Å². The van der Waals surface area contributed by atoms with Gasteiger partial charge in [-0.1, -0.05) is 0 Å². The zero-order chi connectivity index (χ0) is 12.5. The number of carbonyl (C=O) groups is 2. The highest BCUT2D eigenvalue weighted by Gasteiger charge is 2.41. The van der Waals surface area contributed by atoms with Gasteiger partial charge in [0.05, 0.1) is 27.2 Å². The predicted molar refractivity (Wildman–Crippen MR) is 49.6 cm³/mol. The lowest BCUT2D eigenvalue weighted by Crippen LogP contribution is -2.41. The van der Waals surface area contributed by atoms with Crippen LogP contribution in [0.3, 0.4) is 0 Å². The lowest BCUT2D eigenvalue weighted by Gasteiger charge is -2.33. The van der Waals surface area contributed by atoms with Crippen LogP contribution in [0.4, 0.5) is 0 Å². The summed E-state index contributed by atoms with van der Waals surface area (Å²) in [5.41, 5.74) is 0. The summed E-state index contributed by atoms with van der Waals surface area (Å²) in [4.78, 5) is 21.4. The zero-order valence-electron chi connectivity index (χ0n) is 8.20. The van der Waals surface area contributed by atoms with E-state index in [1.54, 1.807) is 0 Å². The van der Waals surface area contributed by atoms with Crippen LogP contribution in [0.2, 0.25) is 0 Å². The van der Waals surface area contributed by atoms with Crippen LogP contribution in [-0.4, -0.2) is 40.4 Å². The SMILES string of the molecule is O=C(O)C1CCC(S(=O)(=O)[O-])C(C(=O)O)C1. The quantitative estimate of drug-likeness (QED) is 0.645. The maximum Gasteiger partial charge on any atom is 0.307 e. The molecule has 16 heavy (non-hydrogen) atoms. The van der Waals surface area contributed by atoms with Crippen molar-refractivity contribution in [2.75, 3.05) is 0 Å². The maximum absolute atomic E-state index is 10.8. The van der Waals surface area contributed by atoms with E-state index in [0.717, 1.165) is 0 Å². The van der Waals surface area contributed by atoms with Crippen LogP contribution in [0.5, 0.6) is 0 Å². The van der Waals surface area contributed by atoms with Gasteiger partial charge in [-0.15, -0.1) is 0 Å². The predicted octanol–water partition coefficient (Wildman–Crippen LogP) is -0.514. The van der Waals surface area contributed by atoms with Crippen molar-refractivity contribution in [2.24, 2.45) is 11.8 Å². The maximum atomic E-state index is 10.8. The van der Waals surface area contributed by atoms with Crippen LogP contribution in [-0.2, 0) is 19.7 Å². The topological polar surface area (TPSA) is 132 Å². The first kappa shape index (κ1) is 12.9. The number of hydrogen-bond acceptors (Lipinski definition) is 5. The average molecular weight is 251 g/mol. The minimum Gasteiger partial charge on any atom is -0.748 e. The third-order valence-corrected chi connectivity index (χ3v) is 4.13. The van der Waals surface area contributed by atoms with Gasteiger partial charge in [0, 0.05) is 0 Å². The summed E-state index contributed by atoms with van der Waals surface area (Å²) in [6.45, 7) is 0. The molecule has 1 saturated carbocycles. The van der Waals surface area contributed by atoms with Crippen molar-refractivity contribution in [3.63, 3.8) is 0 Å². The molecule has 1 aliphatic rings. The van der Waals surface area contributed by atoms with Gasteiger partial charge in [-0.25, -0.2) is 8.42 Å². The Kier molecular flexibility index (Phi) is 3.54. The second kappa shape index (κ2) is 4.38. The normalized spacial score (nSPS) is 30.9. The Morgan fingerprint density at radius 2 is 1.69 bits per heavy atom. The summed E-state index contributed by atoms with van der Waals surface area (Å²) in [6.07, 6.45) is -0.498. The Morgan fingerprint density at radius 1 is 1.12 bits per heavy atom. The van der Waals surface area contributed by atoms with Crippen molar-refractivity contribution < 1.29 is 32.8 Å². The molecule has 0 aromatic rings. The summed E-state index contributed by atoms with van der Waals surface area (Å²) < 4.78 is 32.4. The molecule has 0 amide bonds. The molecule has 0 saturated heterocycles. The van der Waals surface area contributed by atoms with Crippen molar-refractivity contribution in [3.05, 3.63) is 0 Å². The van der Waals surface area contributed by atoms with E-state index in [2.05, 4.69) is 0 Å². The highest BCUT2D eigenvalue weighted by Crippen LogP contribution is 2.33. The van der Waals surface area contributed by atoms with Crippen LogP contribution in [0.1, 0.15) is 19.3 Å². The van der Waals surface area contributed by atoms with Crippen molar-refractivity contribution in [2.45, 2.75) is 24.5 Å². The van der Waals surface area contributed by atoms with Crippen LogP contribution < -0.4 is 0 Å². The molecule has 8 heteroatoms. The Labute approximate surface area is 91.8 Å². The van der Waals surface area contributed by atoms with E-state index >= 15 is 0 Å². The molecule has 3 atom stereocenters. The zero-order valence-corrected chi connectivity index (χ0v) is 9.01. The first-order valence-electron chi connectivity index (χ1n) is 4.63. The third-order valence-electron chi connectivity index (χ3n) is 2.82. The van der Waals surface area contributed by atoms with Crippen LogP contribution in [0.25, 0.3) is 0 Å². The fraction of sp³-hybridized carbons (Fsp3) is 0.750. The number of carboxylic acids is 2. The fourth-order valence-corrected chi connectivity index (χ4v) is 3.03. The van der Waals surface area contributed by atoms with Gasteiger partial charge in [-0.05, 0) is 19.3 Å². The summed E-state index contributed by atoms with van der Waals surface area (Å²) in [5, 5.41) is 16.0. The molecule has 7 nitrogen and oxygen atoms in total. The van der Waals surface area contributed by atoms with E-state index in [4.69, 9.17) is 10.2 Å². The lowest BCUT2D eigenvalue weighted by atomic mass is 9.81. The van der Waals surface area contributed by atoms with E-state index in [0.29, 0.717) is 0 Å². The molecule has 92 valence electrons. The van der Waals surface area contributed by atoms with Gasteiger partial charge in [0.25, 0.3) is 0 Å². The minimum absolute atomic E-state index is 0.0191. The molecule has 0 aromatic heterocycles. The molecule has 1 aliphatic carbocycles. The second-order valence-electron chi connectivity index (χ2n) is 3.82. The van der Waals surface area contributed by atoms with E-state index in [1.165, 1.54) is 0 Å². The van der Waals surface area contributed by atoms with Gasteiger partial charge >= 0.3 is 11.9 Å². The number of aliphatic carboxylic acids is 2. The molecule has 0 spiro atoms. The monoisotopic (exact) mass is 251 g/mol. The highest BCUT2D eigenvalue weighted by molar-refractivity contribution is 7.86. The van der Waals surface area contributed by atoms with E-state index in [1.807, 2.05) is 0 Å². The summed E-state index contributed by atoms with van der Waals surface area (Å²) >= 11 is 0. The van der Waals surface area contributed by atoms with E-state index < -0.39 is 39.1 Å². The molecule has 1 fully saturated rings. The molecule has 2 N–H and O–H groups in total. The summed E-state index contributed by atoms with van der Waals surface area (Å²) in [7, 11) is -4.69. The number of rotatable bonds is 3. The van der Waals surface area contributed by atoms with Gasteiger partial charge in [-0.2, -0.15) is 0 Å². The Hall–Kier alpha value is -1.15. The van der Waals surface area contributed by atoms with Gasteiger partial charge in [0.1, 0.15) is 0 Å². The average Bonchev–Trinajstić information content (AvgIpc) is 2.15. The van der Waals surface area contributed by atoms with Crippen LogP contribution >= 0.6 is 0 Å². The van der Waals surface area contributed by atoms with Crippen molar-refractivity contribution in [3.8, 4) is 0 Å². The Balaban J connectivity index is 2.92. The fourth-order valence-electron chi connectivity index (χ4n) is 1.97. The molecule has 0 bridgehead atoms. The number of hydrogen-bond donors (Lipinski definition) is 2. The molecule has 0 aliphatic heterocycles. The van der Waals surface area contributed by atoms with Gasteiger partial charge in [0.2, 0.25) is 0 Å². The van der Waals surface area contributed by atoms with Crippen LogP contribution in [0, 0.1) is 11.8 Å². The number of carboxylic acid groups (broad SMARTS) is 2. The van der Waals surface area contributed by atoms with Gasteiger partial charge in [0.15, 0.2) is 0 Å². The molecule has 0 heterocycles. The summed E-state index contributed by atoms with van der Waals surface area (Å²) in [6, 6.07) is 0. The molecular formula is C8H11O7S-. The second-order valence-corrected chi connectivity index (χ2v) is 5.42. The van der Waals surface area contributed by atoms with Crippen molar-refractivity contribution in [1.29, 1.82) is 0 Å². The van der Waals surface area contributed by atoms with Crippen molar-refractivity contribution >= 4 is 22.1 Å². The summed E-state index contributed by atoms with van der Waals surface area (Å²) in [5.74, 6) is -4.90. The molecule has 0 aromatic carbocycles. The Morgan fingerprint density at radius 3 is 2.06 bits per heavy atom. The first-order valence-corrected chi connectivity index (χ1v) is 6.11. The molecule has 1 rings (SSSR count). The molecule has 0 radical (unpaired) electrons. The van der Waals surface area contributed by atoms with Crippen LogP contribution in [0.15, 0.2) is 0 Å². The van der Waals surface area contributed by atoms with Gasteiger partial charge in [-0.3, -0.25) is 9.59 Å². The van der Waals surface area contributed by atoms with Crippen molar-refractivity contribution in [1.82, 2.24) is 0 Å². The minimum atomic E-state index is -4.69.